The quantitative estimate of drug-likeness (QED) is 0.229. The van der Waals surface area contributed by atoms with Crippen molar-refractivity contribution in [3.05, 3.63) is 106 Å². The molecule has 1 saturated carbocycles. The minimum absolute atomic E-state index is 0.292. The first kappa shape index (κ1) is 27.5. The second-order valence-corrected chi connectivity index (χ2v) is 10.7. The summed E-state index contributed by atoms with van der Waals surface area (Å²) in [6.07, 6.45) is -0.906. The second-order valence-electron chi connectivity index (χ2n) is 9.85. The zero-order valence-electron chi connectivity index (χ0n) is 22.4. The number of carbonyl (C=O) groups is 1. The summed E-state index contributed by atoms with van der Waals surface area (Å²) in [4.78, 5) is 22.0. The van der Waals surface area contributed by atoms with Gasteiger partial charge < -0.3 is 10.1 Å². The van der Waals surface area contributed by atoms with Crippen molar-refractivity contribution in [3.8, 4) is 28.5 Å². The summed E-state index contributed by atoms with van der Waals surface area (Å²) in [5, 5.41) is 9.28. The second kappa shape index (κ2) is 11.3. The maximum atomic E-state index is 12.8. The molecule has 214 valence electrons. The van der Waals surface area contributed by atoms with Crippen LogP contribution in [0.2, 0.25) is 0 Å². The molecule has 8 nitrogen and oxygen atoms in total. The molecule has 12 heteroatoms. The van der Waals surface area contributed by atoms with E-state index < -0.39 is 12.4 Å². The standard InChI is InChI=1S/C30H25F3N6O2S/c1-19-17-42-29(39(19)26-5-3-2-4-25(26)21-10-11-21)36-28(40)34-16-20-6-8-22(9-7-20)27-35-18-38(37-27)23-12-14-24(15-13-23)41-30(31,32)33/h2-9,12-15,17-18,21H,10-11,16H2,1H3,(H,34,40)/b36-29-. The van der Waals surface area contributed by atoms with E-state index in [1.807, 2.05) is 47.2 Å². The monoisotopic (exact) mass is 590 g/mol. The first-order valence-electron chi connectivity index (χ1n) is 13.2. The molecular weight excluding hydrogens is 565 g/mol. The number of aromatic nitrogens is 4. The van der Waals surface area contributed by atoms with Crippen molar-refractivity contribution in [2.45, 2.75) is 38.6 Å². The predicted octanol–water partition coefficient (Wildman–Crippen LogP) is 6.68. The largest absolute Gasteiger partial charge is 0.573 e. The van der Waals surface area contributed by atoms with E-state index in [2.05, 4.69) is 43.3 Å². The summed E-state index contributed by atoms with van der Waals surface area (Å²) >= 11 is 1.43. The van der Waals surface area contributed by atoms with E-state index in [9.17, 15) is 18.0 Å². The first-order chi connectivity index (χ1) is 20.2. The summed E-state index contributed by atoms with van der Waals surface area (Å²) in [5.41, 5.74) is 5.54. The summed E-state index contributed by atoms with van der Waals surface area (Å²) < 4.78 is 44.6. The lowest BCUT2D eigenvalue weighted by atomic mass is 10.1. The highest BCUT2D eigenvalue weighted by molar-refractivity contribution is 7.07. The number of benzene rings is 3. The zero-order chi connectivity index (χ0) is 29.3. The zero-order valence-corrected chi connectivity index (χ0v) is 23.2. The highest BCUT2D eigenvalue weighted by Gasteiger charge is 2.31. The van der Waals surface area contributed by atoms with Gasteiger partial charge in [-0.05, 0) is 67.1 Å². The number of urea groups is 1. The van der Waals surface area contributed by atoms with E-state index in [1.54, 1.807) is 0 Å². The van der Waals surface area contributed by atoms with Gasteiger partial charge in [-0.2, -0.15) is 4.99 Å². The Bertz CT molecular complexity index is 1790. The fourth-order valence-corrected chi connectivity index (χ4v) is 5.46. The minimum Gasteiger partial charge on any atom is -0.406 e. The van der Waals surface area contributed by atoms with Gasteiger partial charge >= 0.3 is 12.4 Å². The number of hydrogen-bond acceptors (Lipinski definition) is 5. The highest BCUT2D eigenvalue weighted by atomic mass is 32.1. The third-order valence-corrected chi connectivity index (χ3v) is 7.70. The van der Waals surface area contributed by atoms with E-state index in [1.165, 1.54) is 65.0 Å². The number of rotatable bonds is 7. The molecule has 42 heavy (non-hydrogen) atoms. The maximum Gasteiger partial charge on any atom is 0.573 e. The van der Waals surface area contributed by atoms with Crippen LogP contribution >= 0.6 is 11.3 Å². The average Bonchev–Trinajstić information content (AvgIpc) is 3.59. The highest BCUT2D eigenvalue weighted by Crippen LogP contribution is 2.42. The fraction of sp³-hybridized carbons (Fsp3) is 0.200. The Kier molecular flexibility index (Phi) is 7.38. The lowest BCUT2D eigenvalue weighted by Crippen LogP contribution is -2.24. The molecule has 6 rings (SSSR count). The Morgan fingerprint density at radius 3 is 2.52 bits per heavy atom. The number of ether oxygens (including phenoxy) is 1. The van der Waals surface area contributed by atoms with E-state index in [-0.39, 0.29) is 5.75 Å². The maximum absolute atomic E-state index is 12.8. The molecule has 2 amide bonds. The average molecular weight is 591 g/mol. The van der Waals surface area contributed by atoms with Crippen LogP contribution in [0.3, 0.4) is 0 Å². The molecule has 1 fully saturated rings. The van der Waals surface area contributed by atoms with Gasteiger partial charge in [0.1, 0.15) is 12.1 Å². The van der Waals surface area contributed by atoms with Gasteiger partial charge in [-0.1, -0.05) is 42.5 Å². The Labute approximate surface area is 242 Å². The van der Waals surface area contributed by atoms with Gasteiger partial charge in [-0.25, -0.2) is 14.5 Å². The lowest BCUT2D eigenvalue weighted by Gasteiger charge is -2.11. The number of para-hydroxylation sites is 1. The minimum atomic E-state index is -4.75. The van der Waals surface area contributed by atoms with E-state index in [0.29, 0.717) is 28.8 Å². The Morgan fingerprint density at radius 1 is 1.07 bits per heavy atom. The van der Waals surface area contributed by atoms with Gasteiger partial charge in [0.2, 0.25) is 0 Å². The summed E-state index contributed by atoms with van der Waals surface area (Å²) in [6.45, 7) is 2.31. The number of amides is 2. The molecule has 1 N–H and O–H groups in total. The van der Waals surface area contributed by atoms with Gasteiger partial charge in [-0.15, -0.1) is 29.6 Å². The molecule has 3 aromatic carbocycles. The van der Waals surface area contributed by atoms with Crippen molar-refractivity contribution >= 4 is 17.4 Å². The van der Waals surface area contributed by atoms with Gasteiger partial charge in [0.25, 0.3) is 0 Å². The molecular formula is C30H25F3N6O2S. The van der Waals surface area contributed by atoms with Gasteiger partial charge in [0.05, 0.1) is 11.4 Å². The predicted molar refractivity (Wildman–Crippen MR) is 152 cm³/mol. The Hall–Kier alpha value is -4.71. The third-order valence-electron chi connectivity index (χ3n) is 6.75. The normalized spacial score (nSPS) is 13.8. The molecule has 0 unspecified atom stereocenters. The first-order valence-corrected chi connectivity index (χ1v) is 14.1. The Morgan fingerprint density at radius 2 is 1.81 bits per heavy atom. The molecule has 2 heterocycles. The summed E-state index contributed by atoms with van der Waals surface area (Å²) in [6, 6.07) is 20.6. The van der Waals surface area contributed by atoms with E-state index in [0.717, 1.165) is 22.5 Å². The Balaban J connectivity index is 1.10. The van der Waals surface area contributed by atoms with Crippen molar-refractivity contribution in [3.63, 3.8) is 0 Å². The molecule has 0 spiro atoms. The molecule has 0 radical (unpaired) electrons. The molecule has 0 atom stereocenters. The molecule has 1 aliphatic carbocycles. The van der Waals surface area contributed by atoms with Crippen LogP contribution in [0.25, 0.3) is 22.8 Å². The van der Waals surface area contributed by atoms with Gasteiger partial charge in [-0.3, -0.25) is 4.57 Å². The molecule has 5 aromatic rings. The van der Waals surface area contributed by atoms with Crippen LogP contribution in [0.5, 0.6) is 5.75 Å². The van der Waals surface area contributed by atoms with Crippen LogP contribution < -0.4 is 14.9 Å². The van der Waals surface area contributed by atoms with Crippen molar-refractivity contribution in [2.75, 3.05) is 0 Å². The van der Waals surface area contributed by atoms with E-state index >= 15 is 0 Å². The summed E-state index contributed by atoms with van der Waals surface area (Å²) in [5.74, 6) is 0.695. The van der Waals surface area contributed by atoms with Crippen molar-refractivity contribution in [1.82, 2.24) is 24.6 Å². The lowest BCUT2D eigenvalue weighted by molar-refractivity contribution is -0.274. The molecule has 0 aliphatic heterocycles. The SMILES string of the molecule is Cc1cs/c(=N\C(=O)NCc2ccc(-c3ncn(-c4ccc(OC(F)(F)F)cc4)n3)cc2)n1-c1ccccc1C1CC1. The van der Waals surface area contributed by atoms with Gasteiger partial charge in [0.15, 0.2) is 10.6 Å². The van der Waals surface area contributed by atoms with Crippen LogP contribution in [-0.4, -0.2) is 31.7 Å². The van der Waals surface area contributed by atoms with Crippen molar-refractivity contribution in [1.29, 1.82) is 0 Å². The number of thiazole rings is 1. The molecule has 1 aliphatic rings. The number of hydrogen-bond donors (Lipinski definition) is 1. The number of nitrogens with zero attached hydrogens (tertiary/aromatic N) is 5. The number of halogens is 3. The smallest absolute Gasteiger partial charge is 0.406 e. The number of nitrogens with one attached hydrogen (secondary N) is 1. The van der Waals surface area contributed by atoms with Crippen LogP contribution in [0.1, 0.15) is 35.6 Å². The third kappa shape index (κ3) is 6.28. The van der Waals surface area contributed by atoms with Crippen LogP contribution in [0, 0.1) is 6.92 Å². The fourth-order valence-electron chi connectivity index (χ4n) is 4.59. The van der Waals surface area contributed by atoms with E-state index in [4.69, 9.17) is 0 Å². The molecule has 0 saturated heterocycles. The van der Waals surface area contributed by atoms with Crippen LogP contribution in [0.15, 0.2) is 89.5 Å². The van der Waals surface area contributed by atoms with Gasteiger partial charge in [0, 0.05) is 23.2 Å². The number of carbonyl (C=O) groups excluding carboxylic acids is 1. The number of alkyl halides is 3. The topological polar surface area (TPSA) is 86.3 Å². The van der Waals surface area contributed by atoms with Crippen LogP contribution in [-0.2, 0) is 6.54 Å². The van der Waals surface area contributed by atoms with Crippen LogP contribution in [0.4, 0.5) is 18.0 Å². The van der Waals surface area contributed by atoms with Crippen molar-refractivity contribution < 1.29 is 22.7 Å². The van der Waals surface area contributed by atoms with Crippen molar-refractivity contribution in [2.24, 2.45) is 4.99 Å². The number of aryl methyl sites for hydroxylation is 1. The molecule has 2 aromatic heterocycles. The molecule has 0 bridgehead atoms. The summed E-state index contributed by atoms with van der Waals surface area (Å²) in [7, 11) is 0.